The molecule has 3 N–H and O–H groups in total. The number of aryl methyl sites for hydroxylation is 1. The van der Waals surface area contributed by atoms with E-state index in [0.29, 0.717) is 61.7 Å². The van der Waals surface area contributed by atoms with E-state index in [-0.39, 0.29) is 33.2 Å². The molecule has 4 rings (SSSR count). The van der Waals surface area contributed by atoms with Crippen LogP contribution >= 0.6 is 34.5 Å². The number of methoxy groups -OCH3 is 1. The lowest BCUT2D eigenvalue weighted by Crippen LogP contribution is -2.55. The topological polar surface area (TPSA) is 137 Å². The molecule has 2 aromatic rings. The summed E-state index contributed by atoms with van der Waals surface area (Å²) >= 11 is 13.3. The van der Waals surface area contributed by atoms with Gasteiger partial charge in [-0.15, -0.1) is 0 Å². The number of aromatic nitrogens is 2. The highest BCUT2D eigenvalue weighted by molar-refractivity contribution is 7.17. The number of halogens is 2. The van der Waals surface area contributed by atoms with E-state index >= 15 is 0 Å². The number of carboxylic acids is 1. The molecular formula is C21H25Cl2N5O6S. The highest BCUT2D eigenvalue weighted by Gasteiger charge is 2.35. The van der Waals surface area contributed by atoms with Gasteiger partial charge in [-0.2, -0.15) is 0 Å². The number of aromatic carboxylic acids is 1. The number of nitrogens with one attached hydrogen (secondary N) is 2. The third-order valence-electron chi connectivity index (χ3n) is 6.04. The Balaban J connectivity index is 1.48. The number of amides is 2. The number of nitrogens with zero attached hydrogens (tertiary/aromatic N) is 3. The number of carbonyl (C=O) groups excluding carboxylic acids is 2. The van der Waals surface area contributed by atoms with E-state index in [2.05, 4.69) is 15.3 Å². The Labute approximate surface area is 215 Å². The molecule has 2 amide bonds. The van der Waals surface area contributed by atoms with E-state index in [0.717, 1.165) is 11.3 Å². The van der Waals surface area contributed by atoms with Crippen LogP contribution in [0.3, 0.4) is 0 Å². The summed E-state index contributed by atoms with van der Waals surface area (Å²) in [5.41, 5.74) is 0.517. The zero-order valence-corrected chi connectivity index (χ0v) is 21.4. The van der Waals surface area contributed by atoms with E-state index in [1.165, 1.54) is 7.11 Å². The number of carboxylic acid groups (broad SMARTS) is 1. The number of H-pyrrole nitrogens is 1. The molecule has 0 radical (unpaired) electrons. The number of piperidine rings is 1. The predicted octanol–water partition coefficient (Wildman–Crippen LogP) is 2.28. The van der Waals surface area contributed by atoms with Crippen molar-refractivity contribution in [2.75, 3.05) is 51.4 Å². The Morgan fingerprint density at radius 3 is 2.54 bits per heavy atom. The Kier molecular flexibility index (Phi) is 7.86. The van der Waals surface area contributed by atoms with Crippen molar-refractivity contribution in [3.05, 3.63) is 32.0 Å². The van der Waals surface area contributed by atoms with E-state index in [1.807, 2.05) is 4.90 Å². The van der Waals surface area contributed by atoms with E-state index < -0.39 is 18.0 Å². The van der Waals surface area contributed by atoms with Crippen molar-refractivity contribution in [3.8, 4) is 0 Å². The summed E-state index contributed by atoms with van der Waals surface area (Å²) < 4.78 is 10.9. The SMILES string of the molecule is CO[C@H]1CN(c2nc(C(=O)O)c(C(=O)N3CCOCC3)s2)CC[C@H]1NC(=O)c1[nH]c(C)c(Cl)c1Cl. The fourth-order valence-electron chi connectivity index (χ4n) is 4.11. The standard InChI is InChI=1S/C21H25Cl2N5O6S/c1-10-13(22)14(23)15(24-10)18(29)25-11-3-4-28(9-12(11)33-2)21-26-16(20(31)32)17(35-21)19(30)27-5-7-34-8-6-27/h11-12,24H,3-9H2,1-2H3,(H,25,29)(H,31,32)/t11-,12+/m1/s1. The smallest absolute Gasteiger partial charge is 0.356 e. The van der Waals surface area contributed by atoms with Crippen molar-refractivity contribution in [3.63, 3.8) is 0 Å². The number of thiazole rings is 1. The van der Waals surface area contributed by atoms with Crippen LogP contribution in [0.4, 0.5) is 5.13 Å². The lowest BCUT2D eigenvalue weighted by molar-refractivity contribution is 0.0303. The number of hydrogen-bond acceptors (Lipinski definition) is 8. The number of aromatic amines is 1. The zero-order valence-electron chi connectivity index (χ0n) is 19.1. The normalized spacial score (nSPS) is 20.7. The third-order valence-corrected chi connectivity index (χ3v) is 8.09. The van der Waals surface area contributed by atoms with Crippen LogP contribution < -0.4 is 10.2 Å². The minimum absolute atomic E-state index is 0.0902. The van der Waals surface area contributed by atoms with Crippen molar-refractivity contribution < 1.29 is 29.0 Å². The first-order chi connectivity index (χ1) is 16.7. The first kappa shape index (κ1) is 25.7. The number of morpholine rings is 1. The van der Waals surface area contributed by atoms with Crippen molar-refractivity contribution in [2.45, 2.75) is 25.5 Å². The molecular weight excluding hydrogens is 521 g/mol. The lowest BCUT2D eigenvalue weighted by Gasteiger charge is -2.37. The number of anilines is 1. The molecule has 2 saturated heterocycles. The molecule has 2 fully saturated rings. The second-order valence-corrected chi connectivity index (χ2v) is 9.96. The van der Waals surface area contributed by atoms with Gasteiger partial charge in [-0.1, -0.05) is 34.5 Å². The van der Waals surface area contributed by atoms with Crippen LogP contribution in [0.25, 0.3) is 0 Å². The van der Waals surface area contributed by atoms with E-state index in [1.54, 1.807) is 11.8 Å². The van der Waals surface area contributed by atoms with Crippen LogP contribution in [0.5, 0.6) is 0 Å². The maximum absolute atomic E-state index is 13.0. The quantitative estimate of drug-likeness (QED) is 0.502. The van der Waals surface area contributed by atoms with Gasteiger partial charge in [0.05, 0.1) is 35.4 Å². The van der Waals surface area contributed by atoms with Crippen LogP contribution in [-0.2, 0) is 9.47 Å². The maximum atomic E-state index is 13.0. The molecule has 4 heterocycles. The molecule has 14 heteroatoms. The summed E-state index contributed by atoms with van der Waals surface area (Å²) in [6.07, 6.45) is 0.0953. The van der Waals surface area contributed by atoms with Gasteiger partial charge in [0.15, 0.2) is 10.8 Å². The van der Waals surface area contributed by atoms with Gasteiger partial charge in [0.2, 0.25) is 0 Å². The maximum Gasteiger partial charge on any atom is 0.356 e. The summed E-state index contributed by atoms with van der Waals surface area (Å²) in [7, 11) is 1.54. The van der Waals surface area contributed by atoms with Crippen LogP contribution in [0.2, 0.25) is 10.0 Å². The molecule has 2 aromatic heterocycles. The predicted molar refractivity (Wildman–Crippen MR) is 130 cm³/mol. The number of rotatable bonds is 6. The summed E-state index contributed by atoms with van der Waals surface area (Å²) in [5, 5.41) is 13.5. The van der Waals surface area contributed by atoms with Crippen LogP contribution in [0.15, 0.2) is 0 Å². The lowest BCUT2D eigenvalue weighted by atomic mass is 10.0. The van der Waals surface area contributed by atoms with Crippen LogP contribution in [0, 0.1) is 6.92 Å². The minimum Gasteiger partial charge on any atom is -0.476 e. The zero-order chi connectivity index (χ0) is 25.3. The number of hydrogen-bond donors (Lipinski definition) is 3. The van der Waals surface area contributed by atoms with Crippen LogP contribution in [-0.4, -0.2) is 96.4 Å². The molecule has 0 aliphatic carbocycles. The van der Waals surface area contributed by atoms with Gasteiger partial charge >= 0.3 is 5.97 Å². The second kappa shape index (κ2) is 10.7. The molecule has 0 unspecified atom stereocenters. The molecule has 2 atom stereocenters. The molecule has 0 spiro atoms. The van der Waals surface area contributed by atoms with Crippen molar-refractivity contribution in [2.24, 2.45) is 0 Å². The molecule has 2 aliphatic heterocycles. The Hall–Kier alpha value is -2.38. The first-order valence-corrected chi connectivity index (χ1v) is 12.5. The monoisotopic (exact) mass is 545 g/mol. The molecule has 0 aromatic carbocycles. The Morgan fingerprint density at radius 2 is 1.94 bits per heavy atom. The summed E-state index contributed by atoms with van der Waals surface area (Å²) in [6, 6.07) is -0.324. The molecule has 35 heavy (non-hydrogen) atoms. The van der Waals surface area contributed by atoms with Gasteiger partial charge in [-0.3, -0.25) is 9.59 Å². The fourth-order valence-corrected chi connectivity index (χ4v) is 5.58. The minimum atomic E-state index is -1.26. The average Bonchev–Trinajstić information content (AvgIpc) is 3.42. The van der Waals surface area contributed by atoms with Crippen LogP contribution in [0.1, 0.15) is 42.8 Å². The fraction of sp³-hybridized carbons (Fsp3) is 0.524. The van der Waals surface area contributed by atoms with Gasteiger partial charge in [0, 0.05) is 39.0 Å². The number of ether oxygens (including phenoxy) is 2. The molecule has 190 valence electrons. The van der Waals surface area contributed by atoms with E-state index in [4.69, 9.17) is 32.7 Å². The molecule has 0 bridgehead atoms. The van der Waals surface area contributed by atoms with Gasteiger partial charge in [0.25, 0.3) is 11.8 Å². The Bertz CT molecular complexity index is 1130. The largest absolute Gasteiger partial charge is 0.476 e. The molecule has 11 nitrogen and oxygen atoms in total. The summed E-state index contributed by atoms with van der Waals surface area (Å²) in [4.78, 5) is 48.3. The van der Waals surface area contributed by atoms with E-state index in [9.17, 15) is 19.5 Å². The van der Waals surface area contributed by atoms with Gasteiger partial charge in [0.1, 0.15) is 10.6 Å². The summed E-state index contributed by atoms with van der Waals surface area (Å²) in [5.74, 6) is -2.02. The van der Waals surface area contributed by atoms with Gasteiger partial charge in [-0.25, -0.2) is 9.78 Å². The summed E-state index contributed by atoms with van der Waals surface area (Å²) in [6.45, 7) is 4.16. The highest BCUT2D eigenvalue weighted by Crippen LogP contribution is 2.32. The average molecular weight is 546 g/mol. The van der Waals surface area contributed by atoms with Gasteiger partial charge in [-0.05, 0) is 13.3 Å². The Morgan fingerprint density at radius 1 is 1.23 bits per heavy atom. The molecule has 0 saturated carbocycles. The highest BCUT2D eigenvalue weighted by atomic mass is 35.5. The second-order valence-electron chi connectivity index (χ2n) is 8.23. The van der Waals surface area contributed by atoms with Gasteiger partial charge < -0.3 is 34.7 Å². The van der Waals surface area contributed by atoms with Crippen molar-refractivity contribution >= 4 is 57.5 Å². The first-order valence-electron chi connectivity index (χ1n) is 10.9. The number of carbonyl (C=O) groups is 3. The van der Waals surface area contributed by atoms with Crippen molar-refractivity contribution in [1.29, 1.82) is 0 Å². The third kappa shape index (κ3) is 5.26. The van der Waals surface area contributed by atoms with Crippen molar-refractivity contribution in [1.82, 2.24) is 20.2 Å². The molecule has 2 aliphatic rings.